The van der Waals surface area contributed by atoms with Crippen molar-refractivity contribution >= 4 is 17.5 Å². The third-order valence-corrected chi connectivity index (χ3v) is 3.64. The van der Waals surface area contributed by atoms with Crippen molar-refractivity contribution in [2.75, 3.05) is 0 Å². The monoisotopic (exact) mass is 339 g/mol. The Kier molecular flexibility index (Phi) is 5.93. The maximum atomic E-state index is 12.2. The van der Waals surface area contributed by atoms with E-state index in [4.69, 9.17) is 11.6 Å². The van der Waals surface area contributed by atoms with E-state index in [0.29, 0.717) is 10.6 Å². The SMILES string of the molecule is CC(NC(=O)Cc1ccccc1Cl)c1cccc(OC(F)F)c1. The Morgan fingerprint density at radius 1 is 1.22 bits per heavy atom. The van der Waals surface area contributed by atoms with Crippen LogP contribution in [0.3, 0.4) is 0 Å². The second-order valence-electron chi connectivity index (χ2n) is 5.01. The predicted molar refractivity (Wildman–Crippen MR) is 84.8 cm³/mol. The number of nitrogens with one attached hydrogen (secondary N) is 1. The molecule has 1 amide bonds. The first-order chi connectivity index (χ1) is 11.0. The van der Waals surface area contributed by atoms with Crippen LogP contribution in [0, 0.1) is 0 Å². The van der Waals surface area contributed by atoms with Gasteiger partial charge in [0.05, 0.1) is 12.5 Å². The minimum atomic E-state index is -2.88. The third kappa shape index (κ3) is 5.21. The first-order valence-electron chi connectivity index (χ1n) is 7.03. The van der Waals surface area contributed by atoms with Crippen molar-refractivity contribution in [2.45, 2.75) is 26.0 Å². The van der Waals surface area contributed by atoms with Crippen molar-refractivity contribution in [3.05, 3.63) is 64.7 Å². The van der Waals surface area contributed by atoms with Crippen molar-refractivity contribution in [3.63, 3.8) is 0 Å². The van der Waals surface area contributed by atoms with Gasteiger partial charge in [0.2, 0.25) is 5.91 Å². The van der Waals surface area contributed by atoms with Crippen LogP contribution in [-0.4, -0.2) is 12.5 Å². The number of halogens is 3. The minimum absolute atomic E-state index is 0.0599. The Bertz CT molecular complexity index is 679. The Labute approximate surface area is 138 Å². The summed E-state index contributed by atoms with van der Waals surface area (Å²) in [4.78, 5) is 12.1. The largest absolute Gasteiger partial charge is 0.435 e. The van der Waals surface area contributed by atoms with Crippen LogP contribution < -0.4 is 10.1 Å². The molecule has 2 rings (SSSR count). The fraction of sp³-hybridized carbons (Fsp3) is 0.235. The second-order valence-corrected chi connectivity index (χ2v) is 5.42. The zero-order valence-electron chi connectivity index (χ0n) is 12.4. The summed E-state index contributed by atoms with van der Waals surface area (Å²) in [5.41, 5.74) is 1.41. The van der Waals surface area contributed by atoms with Crippen molar-refractivity contribution in [2.24, 2.45) is 0 Å². The van der Waals surface area contributed by atoms with Crippen molar-refractivity contribution < 1.29 is 18.3 Å². The lowest BCUT2D eigenvalue weighted by Crippen LogP contribution is -2.28. The van der Waals surface area contributed by atoms with Gasteiger partial charge < -0.3 is 10.1 Å². The molecule has 0 heterocycles. The smallest absolute Gasteiger partial charge is 0.387 e. The molecule has 122 valence electrons. The zero-order valence-corrected chi connectivity index (χ0v) is 13.2. The lowest BCUT2D eigenvalue weighted by atomic mass is 10.1. The summed E-state index contributed by atoms with van der Waals surface area (Å²) in [6.45, 7) is -1.11. The van der Waals surface area contributed by atoms with Gasteiger partial charge in [-0.2, -0.15) is 8.78 Å². The van der Waals surface area contributed by atoms with Gasteiger partial charge in [0.25, 0.3) is 0 Å². The number of hydrogen-bond acceptors (Lipinski definition) is 2. The standard InChI is InChI=1S/C17H16ClF2NO2/c1-11(12-6-4-7-14(9-12)23-17(19)20)21-16(22)10-13-5-2-3-8-15(13)18/h2-9,11,17H,10H2,1H3,(H,21,22). The third-order valence-electron chi connectivity index (χ3n) is 3.27. The van der Waals surface area contributed by atoms with Crippen molar-refractivity contribution in [1.29, 1.82) is 0 Å². The average molecular weight is 340 g/mol. The maximum absolute atomic E-state index is 12.2. The molecule has 0 aliphatic carbocycles. The van der Waals surface area contributed by atoms with E-state index in [-0.39, 0.29) is 24.1 Å². The normalized spacial score (nSPS) is 12.0. The number of hydrogen-bond donors (Lipinski definition) is 1. The van der Waals surface area contributed by atoms with Crippen LogP contribution in [0.1, 0.15) is 24.1 Å². The number of rotatable bonds is 6. The highest BCUT2D eigenvalue weighted by Crippen LogP contribution is 2.21. The lowest BCUT2D eigenvalue weighted by molar-refractivity contribution is -0.121. The fourth-order valence-corrected chi connectivity index (χ4v) is 2.35. The van der Waals surface area contributed by atoms with Crippen molar-refractivity contribution in [1.82, 2.24) is 5.32 Å². The van der Waals surface area contributed by atoms with E-state index in [9.17, 15) is 13.6 Å². The van der Waals surface area contributed by atoms with Gasteiger partial charge in [0, 0.05) is 5.02 Å². The summed E-state index contributed by atoms with van der Waals surface area (Å²) in [7, 11) is 0. The summed E-state index contributed by atoms with van der Waals surface area (Å²) in [5, 5.41) is 3.34. The molecule has 0 spiro atoms. The highest BCUT2D eigenvalue weighted by atomic mass is 35.5. The summed E-state index contributed by atoms with van der Waals surface area (Å²) in [6.07, 6.45) is 0.150. The molecule has 0 aliphatic rings. The van der Waals surface area contributed by atoms with Crippen molar-refractivity contribution in [3.8, 4) is 5.75 Å². The van der Waals surface area contributed by atoms with E-state index in [1.165, 1.54) is 12.1 Å². The number of alkyl halides is 2. The minimum Gasteiger partial charge on any atom is -0.435 e. The van der Waals surface area contributed by atoms with Gasteiger partial charge in [-0.05, 0) is 36.2 Å². The van der Waals surface area contributed by atoms with Crippen LogP contribution in [0.5, 0.6) is 5.75 Å². The Hall–Kier alpha value is -2.14. The van der Waals surface area contributed by atoms with Gasteiger partial charge in [-0.25, -0.2) is 0 Å². The molecule has 2 aromatic rings. The molecule has 2 aromatic carbocycles. The summed E-state index contributed by atoms with van der Waals surface area (Å²) in [6, 6.07) is 13.0. The van der Waals surface area contributed by atoms with Gasteiger partial charge in [0.15, 0.2) is 0 Å². The summed E-state index contributed by atoms with van der Waals surface area (Å²) in [5.74, 6) is -0.143. The molecule has 0 bridgehead atoms. The van der Waals surface area contributed by atoms with Gasteiger partial charge in [-0.3, -0.25) is 4.79 Å². The molecule has 0 radical (unpaired) electrons. The van der Waals surface area contributed by atoms with Crippen LogP contribution in [0.2, 0.25) is 5.02 Å². The Balaban J connectivity index is 1.99. The van der Waals surface area contributed by atoms with E-state index < -0.39 is 6.61 Å². The van der Waals surface area contributed by atoms with Crippen LogP contribution in [0.25, 0.3) is 0 Å². The predicted octanol–water partition coefficient (Wildman–Crippen LogP) is 4.36. The molecule has 1 atom stereocenters. The summed E-state index contributed by atoms with van der Waals surface area (Å²) >= 11 is 6.02. The Morgan fingerprint density at radius 3 is 2.65 bits per heavy atom. The highest BCUT2D eigenvalue weighted by Gasteiger charge is 2.13. The number of amides is 1. The van der Waals surface area contributed by atoms with E-state index in [1.54, 1.807) is 37.3 Å². The molecule has 1 unspecified atom stereocenters. The molecule has 0 saturated carbocycles. The summed E-state index contributed by atoms with van der Waals surface area (Å²) < 4.78 is 28.8. The molecule has 0 fully saturated rings. The van der Waals surface area contributed by atoms with E-state index >= 15 is 0 Å². The molecule has 3 nitrogen and oxygen atoms in total. The lowest BCUT2D eigenvalue weighted by Gasteiger charge is -2.16. The first-order valence-corrected chi connectivity index (χ1v) is 7.41. The number of benzene rings is 2. The van der Waals surface area contributed by atoms with E-state index in [1.807, 2.05) is 6.07 Å². The van der Waals surface area contributed by atoms with Gasteiger partial charge in [-0.15, -0.1) is 0 Å². The second kappa shape index (κ2) is 7.92. The van der Waals surface area contributed by atoms with Crippen LogP contribution in [-0.2, 0) is 11.2 Å². The van der Waals surface area contributed by atoms with Crippen LogP contribution in [0.15, 0.2) is 48.5 Å². The van der Waals surface area contributed by atoms with Gasteiger partial charge >= 0.3 is 6.61 Å². The van der Waals surface area contributed by atoms with E-state index in [2.05, 4.69) is 10.1 Å². The first kappa shape index (κ1) is 17.2. The molecule has 6 heteroatoms. The van der Waals surface area contributed by atoms with Gasteiger partial charge in [0.1, 0.15) is 5.75 Å². The number of ether oxygens (including phenoxy) is 1. The fourth-order valence-electron chi connectivity index (χ4n) is 2.15. The quantitative estimate of drug-likeness (QED) is 0.849. The zero-order chi connectivity index (χ0) is 16.8. The van der Waals surface area contributed by atoms with Crippen LogP contribution in [0.4, 0.5) is 8.78 Å². The maximum Gasteiger partial charge on any atom is 0.387 e. The topological polar surface area (TPSA) is 38.3 Å². The highest BCUT2D eigenvalue weighted by molar-refractivity contribution is 6.31. The van der Waals surface area contributed by atoms with E-state index in [0.717, 1.165) is 5.56 Å². The molecule has 0 aromatic heterocycles. The molecular formula is C17H16ClF2NO2. The molecular weight excluding hydrogens is 324 g/mol. The number of carbonyl (C=O) groups excluding carboxylic acids is 1. The Morgan fingerprint density at radius 2 is 1.96 bits per heavy atom. The molecule has 23 heavy (non-hydrogen) atoms. The van der Waals surface area contributed by atoms with Gasteiger partial charge in [-0.1, -0.05) is 41.9 Å². The average Bonchev–Trinajstić information content (AvgIpc) is 2.49. The molecule has 0 saturated heterocycles. The number of carbonyl (C=O) groups is 1. The molecule has 0 aliphatic heterocycles. The van der Waals surface area contributed by atoms with Crippen LogP contribution >= 0.6 is 11.6 Å². The molecule has 1 N–H and O–H groups in total.